The van der Waals surface area contributed by atoms with Crippen molar-refractivity contribution < 1.29 is 13.5 Å². The third-order valence-electron chi connectivity index (χ3n) is 1.59. The molecule has 0 amide bonds. The topological polar surface area (TPSA) is 45.9 Å². The number of alkyl halides is 2. The fourth-order valence-corrected chi connectivity index (χ4v) is 1.16. The highest BCUT2D eigenvalue weighted by atomic mass is 35.5. The molecule has 1 aromatic rings. The van der Waals surface area contributed by atoms with E-state index in [0.717, 1.165) is 6.20 Å². The Labute approximate surface area is 83.9 Å². The Balaban J connectivity index is 3.46. The lowest BCUT2D eigenvalue weighted by atomic mass is 10.1. The van der Waals surface area contributed by atoms with Crippen LogP contribution in [0.15, 0.2) is 6.20 Å². The van der Waals surface area contributed by atoms with Crippen LogP contribution in [0.3, 0.4) is 0 Å². The maximum atomic E-state index is 12.5. The lowest BCUT2D eigenvalue weighted by Gasteiger charge is -2.09. The molecule has 0 saturated carbocycles. The van der Waals surface area contributed by atoms with Crippen LogP contribution in [0, 0.1) is 11.3 Å². The van der Waals surface area contributed by atoms with E-state index in [4.69, 9.17) is 16.9 Å². The van der Waals surface area contributed by atoms with Gasteiger partial charge in [-0.25, -0.2) is 13.8 Å². The molecule has 1 heterocycles. The molecule has 0 saturated heterocycles. The number of aromatic nitrogens is 1. The minimum absolute atomic E-state index is 0.138. The van der Waals surface area contributed by atoms with Crippen LogP contribution in [0.25, 0.3) is 0 Å². The maximum absolute atomic E-state index is 12.5. The Kier molecular flexibility index (Phi) is 3.20. The van der Waals surface area contributed by atoms with E-state index in [1.54, 1.807) is 6.07 Å². The summed E-state index contributed by atoms with van der Waals surface area (Å²) in [5.74, 6) is -0.138. The summed E-state index contributed by atoms with van der Waals surface area (Å²) in [7, 11) is 1.22. The smallest absolute Gasteiger partial charge is 0.268 e. The number of ether oxygens (including phenoxy) is 1. The molecule has 0 unspecified atom stereocenters. The van der Waals surface area contributed by atoms with Gasteiger partial charge in [0.25, 0.3) is 6.43 Å². The molecule has 0 atom stereocenters. The Morgan fingerprint density at radius 1 is 1.64 bits per heavy atom. The van der Waals surface area contributed by atoms with Crippen molar-refractivity contribution in [1.82, 2.24) is 4.98 Å². The van der Waals surface area contributed by atoms with Crippen LogP contribution in [-0.4, -0.2) is 12.1 Å². The average molecular weight is 219 g/mol. The minimum Gasteiger partial charge on any atom is -0.495 e. The number of hydrogen-bond acceptors (Lipinski definition) is 3. The Morgan fingerprint density at radius 3 is 2.71 bits per heavy atom. The molecular formula is C8H5ClF2N2O. The van der Waals surface area contributed by atoms with Crippen molar-refractivity contribution >= 4 is 11.6 Å². The Bertz CT molecular complexity index is 390. The minimum atomic E-state index is -2.82. The van der Waals surface area contributed by atoms with Crippen molar-refractivity contribution in [3.8, 4) is 11.8 Å². The fourth-order valence-electron chi connectivity index (χ4n) is 0.969. The summed E-state index contributed by atoms with van der Waals surface area (Å²) in [5, 5.41) is 8.36. The lowest BCUT2D eigenvalue weighted by Crippen LogP contribution is -1.99. The molecule has 0 radical (unpaired) electrons. The van der Waals surface area contributed by atoms with E-state index in [-0.39, 0.29) is 16.5 Å². The second-order valence-electron chi connectivity index (χ2n) is 2.32. The number of methoxy groups -OCH3 is 1. The van der Waals surface area contributed by atoms with E-state index in [2.05, 4.69) is 9.72 Å². The van der Waals surface area contributed by atoms with E-state index >= 15 is 0 Å². The van der Waals surface area contributed by atoms with E-state index in [0.29, 0.717) is 0 Å². The largest absolute Gasteiger partial charge is 0.495 e. The van der Waals surface area contributed by atoms with Crippen molar-refractivity contribution in [1.29, 1.82) is 5.26 Å². The molecule has 0 fully saturated rings. The van der Waals surface area contributed by atoms with Crippen LogP contribution in [-0.2, 0) is 0 Å². The van der Waals surface area contributed by atoms with Crippen LogP contribution in [0.4, 0.5) is 8.78 Å². The molecule has 0 aliphatic rings. The predicted molar refractivity (Wildman–Crippen MR) is 45.5 cm³/mol. The highest BCUT2D eigenvalue weighted by Crippen LogP contribution is 2.33. The van der Waals surface area contributed by atoms with Gasteiger partial charge in [0, 0.05) is 0 Å². The zero-order valence-corrected chi connectivity index (χ0v) is 7.85. The van der Waals surface area contributed by atoms with Crippen LogP contribution < -0.4 is 4.74 Å². The lowest BCUT2D eigenvalue weighted by molar-refractivity contribution is 0.146. The molecule has 0 spiro atoms. The Hall–Kier alpha value is -1.41. The number of hydrogen-bond donors (Lipinski definition) is 0. The van der Waals surface area contributed by atoms with Crippen molar-refractivity contribution in [2.75, 3.05) is 7.11 Å². The molecule has 3 nitrogen and oxygen atoms in total. The van der Waals surface area contributed by atoms with Gasteiger partial charge in [-0.15, -0.1) is 0 Å². The standard InChI is InChI=1S/C8H5ClF2N2O/c1-14-5-3-13-7(9)4(2-12)6(5)8(10)11/h3,8H,1H3. The second kappa shape index (κ2) is 4.20. The second-order valence-corrected chi connectivity index (χ2v) is 2.68. The average Bonchev–Trinajstić information content (AvgIpc) is 2.17. The summed E-state index contributed by atoms with van der Waals surface area (Å²) >= 11 is 5.48. The molecule has 1 aromatic heterocycles. The molecule has 1 rings (SSSR count). The van der Waals surface area contributed by atoms with Crippen LogP contribution in [0.1, 0.15) is 17.6 Å². The Morgan fingerprint density at radius 2 is 2.29 bits per heavy atom. The fraction of sp³-hybridized carbons (Fsp3) is 0.250. The molecule has 0 aromatic carbocycles. The molecule has 14 heavy (non-hydrogen) atoms. The van der Waals surface area contributed by atoms with E-state index in [1.165, 1.54) is 7.11 Å². The first-order valence-corrected chi connectivity index (χ1v) is 3.90. The SMILES string of the molecule is COc1cnc(Cl)c(C#N)c1C(F)F. The van der Waals surface area contributed by atoms with Gasteiger partial charge in [0.2, 0.25) is 0 Å². The quantitative estimate of drug-likeness (QED) is 0.717. The zero-order chi connectivity index (χ0) is 10.7. The number of halogens is 3. The highest BCUT2D eigenvalue weighted by molar-refractivity contribution is 6.30. The maximum Gasteiger partial charge on any atom is 0.268 e. The summed E-state index contributed by atoms with van der Waals surface area (Å²) in [6.07, 6.45) is -1.76. The molecular weight excluding hydrogens is 214 g/mol. The van der Waals surface area contributed by atoms with E-state index < -0.39 is 12.0 Å². The van der Waals surface area contributed by atoms with Crippen LogP contribution in [0.2, 0.25) is 5.15 Å². The van der Waals surface area contributed by atoms with Gasteiger partial charge < -0.3 is 4.74 Å². The van der Waals surface area contributed by atoms with E-state index in [9.17, 15) is 8.78 Å². The monoisotopic (exact) mass is 218 g/mol. The molecule has 74 valence electrons. The number of nitriles is 1. The third kappa shape index (κ3) is 1.75. The normalized spacial score (nSPS) is 10.0. The molecule has 0 aliphatic heterocycles. The van der Waals surface area contributed by atoms with Gasteiger partial charge in [0.15, 0.2) is 0 Å². The number of pyridine rings is 1. The van der Waals surface area contributed by atoms with Crippen LogP contribution >= 0.6 is 11.6 Å². The molecule has 0 aliphatic carbocycles. The van der Waals surface area contributed by atoms with Crippen molar-refractivity contribution in [3.63, 3.8) is 0 Å². The first-order valence-electron chi connectivity index (χ1n) is 3.52. The number of nitrogens with zero attached hydrogens (tertiary/aromatic N) is 2. The van der Waals surface area contributed by atoms with Gasteiger partial charge in [0.05, 0.1) is 18.9 Å². The van der Waals surface area contributed by atoms with Gasteiger partial charge in [-0.05, 0) is 0 Å². The highest BCUT2D eigenvalue weighted by Gasteiger charge is 2.22. The summed E-state index contributed by atoms with van der Waals surface area (Å²) in [5.41, 5.74) is -0.865. The summed E-state index contributed by atoms with van der Waals surface area (Å²) in [4.78, 5) is 3.55. The van der Waals surface area contributed by atoms with Crippen molar-refractivity contribution in [3.05, 3.63) is 22.5 Å². The summed E-state index contributed by atoms with van der Waals surface area (Å²) in [6.45, 7) is 0. The molecule has 0 N–H and O–H groups in total. The van der Waals surface area contributed by atoms with Gasteiger partial charge >= 0.3 is 0 Å². The third-order valence-corrected chi connectivity index (χ3v) is 1.87. The van der Waals surface area contributed by atoms with Crippen molar-refractivity contribution in [2.24, 2.45) is 0 Å². The predicted octanol–water partition coefficient (Wildman–Crippen LogP) is 2.55. The zero-order valence-electron chi connectivity index (χ0n) is 7.09. The van der Waals surface area contributed by atoms with Gasteiger partial charge in [-0.2, -0.15) is 5.26 Å². The van der Waals surface area contributed by atoms with Gasteiger partial charge in [0.1, 0.15) is 22.5 Å². The van der Waals surface area contributed by atoms with Crippen molar-refractivity contribution in [2.45, 2.75) is 6.43 Å². The molecule has 0 bridgehead atoms. The van der Waals surface area contributed by atoms with Crippen LogP contribution in [0.5, 0.6) is 5.75 Å². The first-order chi connectivity index (χ1) is 6.61. The first kappa shape index (κ1) is 10.7. The summed E-state index contributed by atoms with van der Waals surface area (Å²) in [6, 6.07) is 1.57. The van der Waals surface area contributed by atoms with Gasteiger partial charge in [-0.1, -0.05) is 11.6 Å². The molecule has 6 heteroatoms. The van der Waals surface area contributed by atoms with Gasteiger partial charge in [-0.3, -0.25) is 0 Å². The van der Waals surface area contributed by atoms with E-state index in [1.807, 2.05) is 0 Å². The number of rotatable bonds is 2. The summed E-state index contributed by atoms with van der Waals surface area (Å²) < 4.78 is 29.7.